The van der Waals surface area contributed by atoms with Gasteiger partial charge in [0.15, 0.2) is 5.78 Å². The van der Waals surface area contributed by atoms with E-state index in [9.17, 15) is 4.79 Å². The van der Waals surface area contributed by atoms with Gasteiger partial charge in [0.2, 0.25) is 0 Å². The third kappa shape index (κ3) is 3.32. The van der Waals surface area contributed by atoms with Crippen molar-refractivity contribution in [1.82, 2.24) is 9.47 Å². The smallest absolute Gasteiger partial charge is 0.196 e. The second-order valence-electron chi connectivity index (χ2n) is 7.19. The second-order valence-corrected chi connectivity index (χ2v) is 8.35. The van der Waals surface area contributed by atoms with Gasteiger partial charge in [-0.05, 0) is 67.2 Å². The van der Waals surface area contributed by atoms with Gasteiger partial charge >= 0.3 is 0 Å². The number of hydrogen-bond donors (Lipinski definition) is 0. The summed E-state index contributed by atoms with van der Waals surface area (Å²) in [5.41, 5.74) is 2.77. The largest absolute Gasteiger partial charge is 0.342 e. The normalized spacial score (nSPS) is 18.8. The maximum absolute atomic E-state index is 13.3. The predicted molar refractivity (Wildman–Crippen MR) is 115 cm³/mol. The fourth-order valence-electron chi connectivity index (χ4n) is 4.01. The predicted octanol–water partition coefficient (Wildman–Crippen LogP) is 5.13. The minimum atomic E-state index is 0.118. The maximum atomic E-state index is 13.3. The number of likely N-dealkylation sites (tertiary alicyclic amines) is 1. The molecule has 0 bridgehead atoms. The van der Waals surface area contributed by atoms with Crippen LogP contribution in [0.4, 0.5) is 0 Å². The number of likely N-dealkylation sites (N-methyl/N-ethyl adjacent to an activating group) is 1. The number of hydrogen-bond acceptors (Lipinski definition) is 2. The SMILES string of the molecule is CN1CCCC[C@H](n2cc(C(=O)c3ccccc3I)c3ccccc32)C1. The maximum Gasteiger partial charge on any atom is 0.196 e. The Kier molecular flexibility index (Phi) is 5.14. The fourth-order valence-corrected chi connectivity index (χ4v) is 4.64. The molecular formula is C22H23IN2O. The summed E-state index contributed by atoms with van der Waals surface area (Å²) in [6.45, 7) is 2.19. The molecule has 1 fully saturated rings. The number of para-hydroxylation sites is 1. The molecule has 1 atom stereocenters. The fraction of sp³-hybridized carbons (Fsp3) is 0.318. The number of nitrogens with zero attached hydrogens (tertiary/aromatic N) is 2. The van der Waals surface area contributed by atoms with Crippen molar-refractivity contribution in [1.29, 1.82) is 0 Å². The molecule has 0 aliphatic carbocycles. The summed E-state index contributed by atoms with van der Waals surface area (Å²) in [7, 11) is 2.20. The van der Waals surface area contributed by atoms with E-state index in [0.29, 0.717) is 6.04 Å². The number of carbonyl (C=O) groups is 1. The van der Waals surface area contributed by atoms with Crippen LogP contribution in [0, 0.1) is 3.57 Å². The molecule has 0 N–H and O–H groups in total. The van der Waals surface area contributed by atoms with Crippen LogP contribution < -0.4 is 0 Å². The van der Waals surface area contributed by atoms with Crippen LogP contribution in [-0.4, -0.2) is 35.4 Å². The van der Waals surface area contributed by atoms with Crippen LogP contribution in [0.25, 0.3) is 10.9 Å². The van der Waals surface area contributed by atoms with Crippen LogP contribution in [0.15, 0.2) is 54.7 Å². The Balaban J connectivity index is 1.82. The molecule has 0 radical (unpaired) electrons. The third-order valence-corrected chi connectivity index (χ3v) is 6.29. The van der Waals surface area contributed by atoms with E-state index in [1.165, 1.54) is 24.8 Å². The van der Waals surface area contributed by atoms with Gasteiger partial charge in [0.25, 0.3) is 0 Å². The van der Waals surface area contributed by atoms with Crippen LogP contribution in [0.3, 0.4) is 0 Å². The number of aromatic nitrogens is 1. The average Bonchev–Trinajstić information content (AvgIpc) is 2.90. The van der Waals surface area contributed by atoms with Gasteiger partial charge in [-0.1, -0.05) is 36.8 Å². The van der Waals surface area contributed by atoms with Gasteiger partial charge in [-0.2, -0.15) is 0 Å². The summed E-state index contributed by atoms with van der Waals surface area (Å²) in [6.07, 6.45) is 5.75. The summed E-state index contributed by atoms with van der Waals surface area (Å²) < 4.78 is 3.35. The highest BCUT2D eigenvalue weighted by molar-refractivity contribution is 14.1. The lowest BCUT2D eigenvalue weighted by molar-refractivity contribution is 0.103. The first-order valence-electron chi connectivity index (χ1n) is 9.22. The first kappa shape index (κ1) is 17.7. The molecular weight excluding hydrogens is 435 g/mol. The Bertz CT molecular complexity index is 946. The molecule has 1 aromatic heterocycles. The number of carbonyl (C=O) groups excluding carboxylic acids is 1. The molecule has 1 saturated heterocycles. The van der Waals surface area contributed by atoms with Crippen LogP contribution in [0.1, 0.15) is 41.2 Å². The van der Waals surface area contributed by atoms with Crippen molar-refractivity contribution in [2.75, 3.05) is 20.1 Å². The molecule has 4 rings (SSSR count). The van der Waals surface area contributed by atoms with Crippen molar-refractivity contribution in [2.24, 2.45) is 0 Å². The van der Waals surface area contributed by atoms with Gasteiger partial charge in [0.1, 0.15) is 0 Å². The number of benzene rings is 2. The highest BCUT2D eigenvalue weighted by atomic mass is 127. The van der Waals surface area contributed by atoms with Gasteiger partial charge in [0.05, 0.1) is 0 Å². The first-order valence-corrected chi connectivity index (χ1v) is 10.3. The standard InChI is InChI=1S/C22H23IN2O/c1-24-13-7-6-8-16(14-24)25-15-19(17-9-3-5-12-21(17)25)22(26)18-10-2-4-11-20(18)23/h2-5,9-12,15-16H,6-8,13-14H2,1H3/t16-/m0/s1. The molecule has 3 aromatic rings. The molecule has 3 nitrogen and oxygen atoms in total. The van der Waals surface area contributed by atoms with E-state index in [1.54, 1.807) is 0 Å². The van der Waals surface area contributed by atoms with Crippen molar-refractivity contribution >= 4 is 39.3 Å². The lowest BCUT2D eigenvalue weighted by Gasteiger charge is -2.22. The van der Waals surface area contributed by atoms with E-state index in [-0.39, 0.29) is 5.78 Å². The Morgan fingerprint density at radius 2 is 1.81 bits per heavy atom. The second kappa shape index (κ2) is 7.53. The van der Waals surface area contributed by atoms with E-state index in [2.05, 4.69) is 63.5 Å². The highest BCUT2D eigenvalue weighted by Gasteiger charge is 2.23. The number of fused-ring (bicyclic) bond motifs is 1. The molecule has 0 amide bonds. The molecule has 0 spiro atoms. The summed E-state index contributed by atoms with van der Waals surface area (Å²) in [6, 6.07) is 16.6. The van der Waals surface area contributed by atoms with Crippen molar-refractivity contribution in [3.05, 3.63) is 69.4 Å². The summed E-state index contributed by atoms with van der Waals surface area (Å²) in [5, 5.41) is 1.06. The van der Waals surface area contributed by atoms with E-state index < -0.39 is 0 Å². The molecule has 26 heavy (non-hydrogen) atoms. The van der Waals surface area contributed by atoms with Crippen molar-refractivity contribution in [2.45, 2.75) is 25.3 Å². The van der Waals surface area contributed by atoms with Gasteiger partial charge in [-0.3, -0.25) is 4.79 Å². The molecule has 0 saturated carbocycles. The zero-order chi connectivity index (χ0) is 18.1. The van der Waals surface area contributed by atoms with E-state index in [1.807, 2.05) is 30.3 Å². The highest BCUT2D eigenvalue weighted by Crippen LogP contribution is 2.31. The molecule has 4 heteroatoms. The minimum Gasteiger partial charge on any atom is -0.342 e. The van der Waals surface area contributed by atoms with E-state index in [0.717, 1.165) is 33.2 Å². The van der Waals surface area contributed by atoms with Crippen molar-refractivity contribution in [3.63, 3.8) is 0 Å². The molecule has 1 aliphatic rings. The molecule has 1 aliphatic heterocycles. The average molecular weight is 458 g/mol. The number of halogens is 1. The van der Waals surface area contributed by atoms with Gasteiger partial charge in [-0.15, -0.1) is 0 Å². The monoisotopic (exact) mass is 458 g/mol. The molecule has 2 heterocycles. The van der Waals surface area contributed by atoms with Crippen LogP contribution in [0.5, 0.6) is 0 Å². The Morgan fingerprint density at radius 1 is 1.04 bits per heavy atom. The lowest BCUT2D eigenvalue weighted by Crippen LogP contribution is -2.25. The molecule has 0 unspecified atom stereocenters. The van der Waals surface area contributed by atoms with Crippen molar-refractivity contribution in [3.8, 4) is 0 Å². The van der Waals surface area contributed by atoms with Gasteiger partial charge < -0.3 is 9.47 Å². The number of ketones is 1. The Hall–Kier alpha value is -1.66. The quantitative estimate of drug-likeness (QED) is 0.402. The van der Waals surface area contributed by atoms with E-state index in [4.69, 9.17) is 0 Å². The van der Waals surface area contributed by atoms with E-state index >= 15 is 0 Å². The molecule has 134 valence electrons. The van der Waals surface area contributed by atoms with Crippen molar-refractivity contribution < 1.29 is 4.79 Å². The van der Waals surface area contributed by atoms with Gasteiger partial charge in [-0.25, -0.2) is 0 Å². The zero-order valence-corrected chi connectivity index (χ0v) is 17.1. The molecule has 2 aromatic carbocycles. The Morgan fingerprint density at radius 3 is 2.65 bits per heavy atom. The van der Waals surface area contributed by atoms with Crippen LogP contribution >= 0.6 is 22.6 Å². The minimum absolute atomic E-state index is 0.118. The Labute approximate surface area is 168 Å². The summed E-state index contributed by atoms with van der Waals surface area (Å²) in [4.78, 5) is 15.7. The zero-order valence-electron chi connectivity index (χ0n) is 15.0. The van der Waals surface area contributed by atoms with Gasteiger partial charge in [0, 0.05) is 44.4 Å². The topological polar surface area (TPSA) is 25.2 Å². The van der Waals surface area contributed by atoms with Crippen LogP contribution in [-0.2, 0) is 0 Å². The summed E-state index contributed by atoms with van der Waals surface area (Å²) in [5.74, 6) is 0.118. The lowest BCUT2D eigenvalue weighted by atomic mass is 10.0. The third-order valence-electron chi connectivity index (χ3n) is 5.35. The number of rotatable bonds is 3. The van der Waals surface area contributed by atoms with Crippen LogP contribution in [0.2, 0.25) is 0 Å². The first-order chi connectivity index (χ1) is 12.6. The summed E-state index contributed by atoms with van der Waals surface area (Å²) >= 11 is 2.25.